The second-order valence-corrected chi connectivity index (χ2v) is 1.05. The molecule has 7 heavy (non-hydrogen) atoms. The quantitative estimate of drug-likeness (QED) is 0.468. The molecule has 0 aromatic heterocycles. The van der Waals surface area contributed by atoms with Crippen LogP contribution in [0.3, 0.4) is 0 Å². The van der Waals surface area contributed by atoms with Crippen LogP contribution in [0.25, 0.3) is 0 Å². The highest BCUT2D eigenvalue weighted by atomic mass is 16.9. The second kappa shape index (κ2) is 2.54. The zero-order chi connectivity index (χ0) is 5.86. The zero-order valence-corrected chi connectivity index (χ0v) is 4.21. The molecule has 0 aliphatic carbocycles. The smallest absolute Gasteiger partial charge is 0.325 e. The minimum Gasteiger partial charge on any atom is -0.343 e. The summed E-state index contributed by atoms with van der Waals surface area (Å²) in [4.78, 5) is 13.8. The second-order valence-electron chi connectivity index (χ2n) is 1.05. The van der Waals surface area contributed by atoms with E-state index in [1.54, 1.807) is 0 Å². The van der Waals surface area contributed by atoms with E-state index in [1.165, 1.54) is 14.0 Å². The molecule has 0 spiro atoms. The van der Waals surface area contributed by atoms with Crippen LogP contribution in [0.4, 0.5) is 0 Å². The lowest BCUT2D eigenvalue weighted by molar-refractivity contribution is -0.300. The Balaban J connectivity index is 3.13. The van der Waals surface area contributed by atoms with Gasteiger partial charge in [0.15, 0.2) is 0 Å². The van der Waals surface area contributed by atoms with Crippen LogP contribution in [0.5, 0.6) is 0 Å². The van der Waals surface area contributed by atoms with E-state index >= 15 is 0 Å². The van der Waals surface area contributed by atoms with Crippen LogP contribution < -0.4 is 0 Å². The van der Waals surface area contributed by atoms with Crippen molar-refractivity contribution in [1.29, 1.82) is 0 Å². The average Bonchev–Trinajstić information content (AvgIpc) is 1.27. The van der Waals surface area contributed by atoms with Crippen LogP contribution in [-0.2, 0) is 9.63 Å². The Morgan fingerprint density at radius 2 is 2.29 bits per heavy atom. The van der Waals surface area contributed by atoms with Gasteiger partial charge in [-0.2, -0.15) is 0 Å². The lowest BCUT2D eigenvalue weighted by atomic mass is 10.8. The molecule has 1 N–H and O–H groups in total. The van der Waals surface area contributed by atoms with E-state index in [9.17, 15) is 4.79 Å². The molecule has 0 aromatic rings. The molecule has 0 aromatic carbocycles. The van der Waals surface area contributed by atoms with Crippen molar-refractivity contribution < 1.29 is 14.8 Å². The van der Waals surface area contributed by atoms with E-state index in [0.29, 0.717) is 5.23 Å². The monoisotopic (exact) mass is 105 g/mol. The molecule has 0 rings (SSSR count). The molecule has 0 saturated carbocycles. The molecule has 4 nitrogen and oxygen atoms in total. The largest absolute Gasteiger partial charge is 0.343 e. The van der Waals surface area contributed by atoms with Gasteiger partial charge in [-0.1, -0.05) is 0 Å². The third kappa shape index (κ3) is 5.39. The number of hydroxylamine groups is 2. The van der Waals surface area contributed by atoms with Crippen LogP contribution in [0.1, 0.15) is 6.92 Å². The van der Waals surface area contributed by atoms with Crippen molar-refractivity contribution in [2.75, 3.05) is 7.05 Å². The Morgan fingerprint density at radius 1 is 1.86 bits per heavy atom. The Bertz CT molecular complexity index is 70.6. The van der Waals surface area contributed by atoms with E-state index in [-0.39, 0.29) is 0 Å². The lowest BCUT2D eigenvalue weighted by Gasteiger charge is -2.02. The van der Waals surface area contributed by atoms with E-state index in [1.807, 2.05) is 0 Å². The highest BCUT2D eigenvalue weighted by Gasteiger charge is 1.92. The summed E-state index contributed by atoms with van der Waals surface area (Å²) in [5.74, 6) is -0.537. The topological polar surface area (TPSA) is 49.8 Å². The Labute approximate surface area is 41.2 Å². The molecule has 0 aliphatic heterocycles. The van der Waals surface area contributed by atoms with Gasteiger partial charge >= 0.3 is 5.97 Å². The summed E-state index contributed by atoms with van der Waals surface area (Å²) < 4.78 is 0. The Hall–Kier alpha value is -0.610. The lowest BCUT2D eigenvalue weighted by Crippen LogP contribution is -2.16. The molecule has 0 fully saturated rings. The van der Waals surface area contributed by atoms with Gasteiger partial charge in [-0.25, -0.2) is 0 Å². The summed E-state index contributed by atoms with van der Waals surface area (Å²) in [6, 6.07) is 0. The number of hydrogen-bond acceptors (Lipinski definition) is 4. The molecule has 42 valence electrons. The summed E-state index contributed by atoms with van der Waals surface area (Å²) in [6.45, 7) is 1.20. The van der Waals surface area contributed by atoms with Crippen LogP contribution in [-0.4, -0.2) is 23.5 Å². The standard InChI is InChI=1S/C3H7NO3/c1-3(5)7-4(2)6/h6H,1-2H3. The first-order valence-electron chi connectivity index (χ1n) is 1.74. The van der Waals surface area contributed by atoms with E-state index in [0.717, 1.165) is 0 Å². The molecule has 0 heterocycles. The molecule has 0 radical (unpaired) electrons. The van der Waals surface area contributed by atoms with Crippen molar-refractivity contribution in [2.24, 2.45) is 0 Å². The van der Waals surface area contributed by atoms with Gasteiger partial charge in [0.25, 0.3) is 0 Å². The fourth-order valence-corrected chi connectivity index (χ4v) is 0.186. The van der Waals surface area contributed by atoms with Crippen molar-refractivity contribution in [2.45, 2.75) is 6.92 Å². The maximum absolute atomic E-state index is 9.83. The molecule has 0 unspecified atom stereocenters. The van der Waals surface area contributed by atoms with Crippen LogP contribution in [0.15, 0.2) is 0 Å². The van der Waals surface area contributed by atoms with Gasteiger partial charge < -0.3 is 4.84 Å². The third-order valence-electron chi connectivity index (χ3n) is 0.261. The molecular formula is C3H7NO3. The summed E-state index contributed by atoms with van der Waals surface area (Å²) in [5, 5.41) is 8.46. The molecule has 0 amide bonds. The first kappa shape index (κ1) is 6.39. The minimum atomic E-state index is -0.537. The first-order chi connectivity index (χ1) is 3.13. The number of rotatable bonds is 1. The molecule has 0 aliphatic rings. The fraction of sp³-hybridized carbons (Fsp3) is 0.667. The third-order valence-corrected chi connectivity index (χ3v) is 0.261. The predicted octanol–water partition coefficient (Wildman–Crippen LogP) is -0.215. The van der Waals surface area contributed by atoms with Gasteiger partial charge in [0.05, 0.1) is 7.05 Å². The normalized spacial score (nSPS) is 9.14. The molecule has 0 bridgehead atoms. The van der Waals surface area contributed by atoms with E-state index in [4.69, 9.17) is 5.21 Å². The molecule has 0 atom stereocenters. The Morgan fingerprint density at radius 3 is 2.29 bits per heavy atom. The van der Waals surface area contributed by atoms with Gasteiger partial charge in [-0.15, -0.1) is 0 Å². The highest BCUT2D eigenvalue weighted by molar-refractivity contribution is 5.65. The SMILES string of the molecule is CC(=O)ON(C)O. The number of carbonyl (C=O) groups excluding carboxylic acids is 1. The number of hydrogen-bond donors (Lipinski definition) is 1. The van der Waals surface area contributed by atoms with Crippen LogP contribution >= 0.6 is 0 Å². The van der Waals surface area contributed by atoms with Crippen molar-refractivity contribution in [3.63, 3.8) is 0 Å². The number of carbonyl (C=O) groups is 1. The summed E-state index contributed by atoms with van der Waals surface area (Å²) in [7, 11) is 1.21. The van der Waals surface area contributed by atoms with Crippen molar-refractivity contribution in [3.05, 3.63) is 0 Å². The number of nitrogens with zero attached hydrogens (tertiary/aromatic N) is 1. The summed E-state index contributed by atoms with van der Waals surface area (Å²) >= 11 is 0. The van der Waals surface area contributed by atoms with Crippen molar-refractivity contribution in [1.82, 2.24) is 5.23 Å². The fourth-order valence-electron chi connectivity index (χ4n) is 0.186. The maximum Gasteiger partial charge on any atom is 0.325 e. The van der Waals surface area contributed by atoms with E-state index in [2.05, 4.69) is 4.84 Å². The van der Waals surface area contributed by atoms with Crippen LogP contribution in [0, 0.1) is 0 Å². The Kier molecular flexibility index (Phi) is 2.32. The highest BCUT2D eigenvalue weighted by Crippen LogP contribution is 1.75. The average molecular weight is 105 g/mol. The predicted molar refractivity (Wildman–Crippen MR) is 21.3 cm³/mol. The first-order valence-corrected chi connectivity index (χ1v) is 1.74. The van der Waals surface area contributed by atoms with Crippen molar-refractivity contribution in [3.8, 4) is 0 Å². The molecule has 4 heteroatoms. The summed E-state index contributed by atoms with van der Waals surface area (Å²) in [6.07, 6.45) is 0. The van der Waals surface area contributed by atoms with Crippen LogP contribution in [0.2, 0.25) is 0 Å². The molecule has 0 saturated heterocycles. The van der Waals surface area contributed by atoms with Gasteiger partial charge in [0.1, 0.15) is 0 Å². The van der Waals surface area contributed by atoms with Crippen molar-refractivity contribution >= 4 is 5.97 Å². The zero-order valence-electron chi connectivity index (χ0n) is 4.21. The molecular weight excluding hydrogens is 98.0 g/mol. The van der Waals surface area contributed by atoms with Gasteiger partial charge in [0, 0.05) is 6.92 Å². The van der Waals surface area contributed by atoms with Gasteiger partial charge in [-0.05, 0) is 5.23 Å². The maximum atomic E-state index is 9.83. The minimum absolute atomic E-state index is 0.350. The summed E-state index contributed by atoms with van der Waals surface area (Å²) in [5.41, 5.74) is 0. The van der Waals surface area contributed by atoms with Gasteiger partial charge in [0.2, 0.25) is 0 Å². The van der Waals surface area contributed by atoms with E-state index < -0.39 is 5.97 Å². The van der Waals surface area contributed by atoms with Gasteiger partial charge in [-0.3, -0.25) is 10.0 Å².